The lowest BCUT2D eigenvalue weighted by Gasteiger charge is -2.18. The van der Waals surface area contributed by atoms with E-state index in [0.29, 0.717) is 38.8 Å². The highest BCUT2D eigenvalue weighted by Gasteiger charge is 2.18. The molecule has 0 aromatic heterocycles. The Balaban J connectivity index is 3.70. The van der Waals surface area contributed by atoms with Crippen molar-refractivity contribution in [2.24, 2.45) is 0 Å². The van der Waals surface area contributed by atoms with Gasteiger partial charge < -0.3 is 25.8 Å². The van der Waals surface area contributed by atoms with Crippen molar-refractivity contribution in [1.29, 1.82) is 0 Å². The molecule has 0 aliphatic rings. The van der Waals surface area contributed by atoms with Crippen molar-refractivity contribution in [1.82, 2.24) is 16.0 Å². The fraction of sp³-hybridized carbons (Fsp3) is 0.918. The van der Waals surface area contributed by atoms with Gasteiger partial charge in [0.05, 0.1) is 19.1 Å². The van der Waals surface area contributed by atoms with Gasteiger partial charge in [0, 0.05) is 25.4 Å². The minimum atomic E-state index is -0.593. The van der Waals surface area contributed by atoms with Crippen molar-refractivity contribution in [3.8, 4) is 0 Å². The normalized spacial score (nSPS) is 12.8. The lowest BCUT2D eigenvalue weighted by molar-refractivity contribution is -0.144. The number of ether oxygens (including phenoxy) is 1. The third-order valence-electron chi connectivity index (χ3n) is 11.4. The second-order valence-electron chi connectivity index (χ2n) is 17.3. The number of aliphatic hydroxyl groups excluding tert-OH is 1. The molecular weight excluding hydrogens is 727 g/mol. The number of amides is 3. The maximum absolute atomic E-state index is 12.7. The zero-order valence-corrected chi connectivity index (χ0v) is 38.6. The van der Waals surface area contributed by atoms with Crippen LogP contribution in [-0.4, -0.2) is 60.1 Å². The molecule has 9 nitrogen and oxygen atoms in total. The van der Waals surface area contributed by atoms with Gasteiger partial charge in [0.1, 0.15) is 6.04 Å². The van der Waals surface area contributed by atoms with Gasteiger partial charge in [-0.15, -0.1) is 0 Å². The summed E-state index contributed by atoms with van der Waals surface area (Å²) >= 11 is 0. The van der Waals surface area contributed by atoms with Crippen LogP contribution in [0.4, 0.5) is 0 Å². The lowest BCUT2D eigenvalue weighted by atomic mass is 10.0. The van der Waals surface area contributed by atoms with Crippen LogP contribution in [0.3, 0.4) is 0 Å². The molecule has 0 aliphatic heterocycles. The van der Waals surface area contributed by atoms with Crippen LogP contribution in [-0.2, 0) is 23.9 Å². The number of nitrogens with one attached hydrogen (secondary N) is 3. The summed E-state index contributed by atoms with van der Waals surface area (Å²) < 4.78 is 5.42. The molecule has 0 aliphatic carbocycles. The smallest absolute Gasteiger partial charge is 0.305 e. The van der Waals surface area contributed by atoms with Gasteiger partial charge in [-0.1, -0.05) is 188 Å². The predicted octanol–water partition coefficient (Wildman–Crippen LogP) is 12.1. The first kappa shape index (κ1) is 55.8. The van der Waals surface area contributed by atoms with Crippen LogP contribution in [0.25, 0.3) is 0 Å². The third-order valence-corrected chi connectivity index (χ3v) is 11.4. The molecule has 9 heteroatoms. The summed E-state index contributed by atoms with van der Waals surface area (Å²) in [6.07, 6.45) is 38.1. The molecule has 0 heterocycles. The van der Waals surface area contributed by atoms with Crippen LogP contribution < -0.4 is 16.0 Å². The molecule has 342 valence electrons. The monoisotopic (exact) mass is 822 g/mol. The number of aliphatic hydroxyl groups is 1. The molecule has 0 unspecified atom stereocenters. The molecule has 0 saturated heterocycles. The van der Waals surface area contributed by atoms with Gasteiger partial charge in [-0.25, -0.2) is 0 Å². The van der Waals surface area contributed by atoms with Crippen LogP contribution in [0, 0.1) is 0 Å². The minimum Gasteiger partial charge on any atom is -0.466 e. The molecule has 4 N–H and O–H groups in total. The molecule has 3 atom stereocenters. The fourth-order valence-electron chi connectivity index (χ4n) is 7.59. The van der Waals surface area contributed by atoms with Crippen LogP contribution in [0.2, 0.25) is 0 Å². The van der Waals surface area contributed by atoms with E-state index in [4.69, 9.17) is 4.74 Å². The Kier molecular flexibility index (Phi) is 41.3. The van der Waals surface area contributed by atoms with Crippen molar-refractivity contribution in [3.05, 3.63) is 0 Å². The largest absolute Gasteiger partial charge is 0.466 e. The molecule has 0 saturated carbocycles. The Morgan fingerprint density at radius 1 is 0.500 bits per heavy atom. The molecule has 0 spiro atoms. The first-order valence-electron chi connectivity index (χ1n) is 24.9. The van der Waals surface area contributed by atoms with Crippen LogP contribution in [0.15, 0.2) is 0 Å². The van der Waals surface area contributed by atoms with Gasteiger partial charge in [0.2, 0.25) is 17.7 Å². The highest BCUT2D eigenvalue weighted by atomic mass is 16.5. The average molecular weight is 822 g/mol. The predicted molar refractivity (Wildman–Crippen MR) is 243 cm³/mol. The van der Waals surface area contributed by atoms with Gasteiger partial charge in [-0.05, 0) is 51.9 Å². The van der Waals surface area contributed by atoms with Crippen molar-refractivity contribution < 1.29 is 29.0 Å². The summed E-state index contributed by atoms with van der Waals surface area (Å²) in [5, 5.41) is 19.1. The van der Waals surface area contributed by atoms with E-state index in [-0.39, 0.29) is 36.2 Å². The summed E-state index contributed by atoms with van der Waals surface area (Å²) in [5.41, 5.74) is 0. The van der Waals surface area contributed by atoms with Crippen molar-refractivity contribution in [2.75, 3.05) is 13.2 Å². The van der Waals surface area contributed by atoms with E-state index >= 15 is 0 Å². The maximum Gasteiger partial charge on any atom is 0.305 e. The Labute approximate surface area is 357 Å². The number of hydrogen-bond donors (Lipinski definition) is 4. The van der Waals surface area contributed by atoms with Gasteiger partial charge >= 0.3 is 5.97 Å². The van der Waals surface area contributed by atoms with E-state index < -0.39 is 12.1 Å². The number of carbonyl (C=O) groups is 4. The van der Waals surface area contributed by atoms with E-state index in [1.807, 2.05) is 13.8 Å². The standard InChI is InChI=1S/C49H95N3O6/c1-5-8-10-12-14-19-23-27-31-37-44(53)42-47(55)51-43(4)36-35-40-50-49(57)45(7-3)52-46(54)38-32-28-24-21-17-16-18-22-26-30-34-41-58-48(56)39-33-29-25-20-15-13-11-9-6-2/h43-45,53H,5-42H2,1-4H3,(H,50,57)(H,51,55)(H,52,54)/t43-,44-,45+/m1/s1. The minimum absolute atomic E-state index is 0.0261. The van der Waals surface area contributed by atoms with Crippen LogP contribution in [0.5, 0.6) is 0 Å². The van der Waals surface area contributed by atoms with Gasteiger partial charge in [-0.2, -0.15) is 0 Å². The molecular formula is C49H95N3O6. The number of esters is 1. The van der Waals surface area contributed by atoms with Crippen LogP contribution >= 0.6 is 0 Å². The van der Waals surface area contributed by atoms with Crippen molar-refractivity contribution >= 4 is 23.7 Å². The molecule has 58 heavy (non-hydrogen) atoms. The average Bonchev–Trinajstić information content (AvgIpc) is 3.20. The summed E-state index contributed by atoms with van der Waals surface area (Å²) in [4.78, 5) is 49.5. The maximum atomic E-state index is 12.7. The second kappa shape index (κ2) is 42.9. The van der Waals surface area contributed by atoms with E-state index in [0.717, 1.165) is 70.6 Å². The number of carbonyl (C=O) groups excluding carboxylic acids is 4. The van der Waals surface area contributed by atoms with Gasteiger partial charge in [-0.3, -0.25) is 19.2 Å². The zero-order valence-electron chi connectivity index (χ0n) is 38.6. The van der Waals surface area contributed by atoms with Gasteiger partial charge in [0.25, 0.3) is 0 Å². The summed E-state index contributed by atoms with van der Waals surface area (Å²) in [6.45, 7) is 9.40. The first-order valence-corrected chi connectivity index (χ1v) is 24.9. The van der Waals surface area contributed by atoms with E-state index in [1.165, 1.54) is 128 Å². The molecule has 0 radical (unpaired) electrons. The number of hydrogen-bond acceptors (Lipinski definition) is 6. The van der Waals surface area contributed by atoms with Crippen LogP contribution in [0.1, 0.15) is 259 Å². The highest BCUT2D eigenvalue weighted by Crippen LogP contribution is 2.15. The zero-order chi connectivity index (χ0) is 42.7. The fourth-order valence-corrected chi connectivity index (χ4v) is 7.59. The highest BCUT2D eigenvalue weighted by molar-refractivity contribution is 5.87. The second-order valence-corrected chi connectivity index (χ2v) is 17.3. The topological polar surface area (TPSA) is 134 Å². The summed E-state index contributed by atoms with van der Waals surface area (Å²) in [5.74, 6) is -0.369. The van der Waals surface area contributed by atoms with Crippen molar-refractivity contribution in [2.45, 2.75) is 277 Å². The molecule has 0 bridgehead atoms. The molecule has 0 fully saturated rings. The first-order chi connectivity index (χ1) is 28.2. The summed E-state index contributed by atoms with van der Waals surface area (Å²) in [6, 6.07) is -0.563. The Bertz CT molecular complexity index is 963. The molecule has 0 aromatic rings. The Morgan fingerprint density at radius 3 is 1.45 bits per heavy atom. The van der Waals surface area contributed by atoms with Gasteiger partial charge in [0.15, 0.2) is 0 Å². The lowest BCUT2D eigenvalue weighted by Crippen LogP contribution is -2.46. The van der Waals surface area contributed by atoms with Crippen molar-refractivity contribution in [3.63, 3.8) is 0 Å². The SMILES string of the molecule is CCCCCCCCCCCC(=O)OCCCCCCCCCCCCCC(=O)N[C@@H](CC)C(=O)NCCC[C@@H](C)NC(=O)C[C@H](O)CCCCCCCCCCC. The molecule has 0 rings (SSSR count). The summed E-state index contributed by atoms with van der Waals surface area (Å²) in [7, 11) is 0. The quantitative estimate of drug-likeness (QED) is 0.0357. The number of unbranched alkanes of at least 4 members (excludes halogenated alkanes) is 26. The number of rotatable bonds is 44. The Morgan fingerprint density at radius 2 is 0.948 bits per heavy atom. The Hall–Kier alpha value is -2.16. The van der Waals surface area contributed by atoms with E-state index in [1.54, 1.807) is 0 Å². The molecule has 0 aromatic carbocycles. The third kappa shape index (κ3) is 39.3. The van der Waals surface area contributed by atoms with E-state index in [2.05, 4.69) is 29.8 Å². The van der Waals surface area contributed by atoms with E-state index in [9.17, 15) is 24.3 Å². The molecule has 3 amide bonds.